The summed E-state index contributed by atoms with van der Waals surface area (Å²) in [5.41, 5.74) is 2.24. The standard InChI is InChI=1S/C19H15ClN4O4/c20-16-7-11-6-12(22-14(11)8-21-16)18(27)23-13-5-10-3-1-2-4-15(10)24(19(13)28)9-17(25)26/h1-4,6-8,13,22H,5,9H2,(H,23,27)(H,25,26)/t13-/m0/s1. The van der Waals surface area contributed by atoms with Crippen molar-refractivity contribution in [3.05, 3.63) is 59.0 Å². The fourth-order valence-corrected chi connectivity index (χ4v) is 3.50. The highest BCUT2D eigenvalue weighted by molar-refractivity contribution is 6.30. The molecule has 0 radical (unpaired) electrons. The Kier molecular flexibility index (Phi) is 4.48. The first-order chi connectivity index (χ1) is 13.4. The Labute approximate surface area is 164 Å². The molecule has 8 nitrogen and oxygen atoms in total. The molecule has 3 N–H and O–H groups in total. The molecule has 3 aromatic rings. The number of hydrogen-bond acceptors (Lipinski definition) is 4. The van der Waals surface area contributed by atoms with Crippen LogP contribution in [0.1, 0.15) is 16.1 Å². The Morgan fingerprint density at radius 3 is 2.89 bits per heavy atom. The van der Waals surface area contributed by atoms with E-state index in [1.165, 1.54) is 11.1 Å². The largest absolute Gasteiger partial charge is 0.480 e. The molecule has 0 saturated carbocycles. The van der Waals surface area contributed by atoms with Gasteiger partial charge in [-0.05, 0) is 23.8 Å². The van der Waals surface area contributed by atoms with Crippen LogP contribution >= 0.6 is 11.6 Å². The maximum atomic E-state index is 12.8. The van der Waals surface area contributed by atoms with Gasteiger partial charge in [0.1, 0.15) is 23.4 Å². The van der Waals surface area contributed by atoms with Crippen LogP contribution in [0.5, 0.6) is 0 Å². The third-order valence-electron chi connectivity index (χ3n) is 4.59. The summed E-state index contributed by atoms with van der Waals surface area (Å²) in [5.74, 6) is -2.06. The molecule has 0 aliphatic carbocycles. The minimum atomic E-state index is -1.13. The van der Waals surface area contributed by atoms with Crippen LogP contribution in [0.15, 0.2) is 42.6 Å². The number of para-hydroxylation sites is 1. The van der Waals surface area contributed by atoms with Crippen molar-refractivity contribution in [1.29, 1.82) is 0 Å². The molecule has 0 bridgehead atoms. The normalized spacial score (nSPS) is 16.1. The topological polar surface area (TPSA) is 115 Å². The molecule has 28 heavy (non-hydrogen) atoms. The number of amides is 2. The molecule has 1 atom stereocenters. The molecule has 0 spiro atoms. The van der Waals surface area contributed by atoms with Crippen molar-refractivity contribution in [3.63, 3.8) is 0 Å². The van der Waals surface area contributed by atoms with E-state index in [-0.39, 0.29) is 12.1 Å². The minimum Gasteiger partial charge on any atom is -0.480 e. The molecule has 1 aliphatic heterocycles. The number of fused-ring (bicyclic) bond motifs is 2. The van der Waals surface area contributed by atoms with Crippen LogP contribution in [-0.4, -0.2) is 45.4 Å². The summed E-state index contributed by atoms with van der Waals surface area (Å²) in [6.07, 6.45) is 1.80. The molecule has 1 aliphatic rings. The van der Waals surface area contributed by atoms with E-state index in [4.69, 9.17) is 16.7 Å². The van der Waals surface area contributed by atoms with Crippen LogP contribution < -0.4 is 10.2 Å². The van der Waals surface area contributed by atoms with E-state index in [1.54, 1.807) is 30.3 Å². The van der Waals surface area contributed by atoms with Crippen molar-refractivity contribution >= 4 is 46.0 Å². The Balaban J connectivity index is 1.60. The number of nitrogens with zero attached hydrogens (tertiary/aromatic N) is 2. The van der Waals surface area contributed by atoms with Gasteiger partial charge in [-0.25, -0.2) is 4.98 Å². The monoisotopic (exact) mass is 398 g/mol. The molecule has 0 fully saturated rings. The van der Waals surface area contributed by atoms with E-state index in [9.17, 15) is 14.4 Å². The van der Waals surface area contributed by atoms with E-state index >= 15 is 0 Å². The lowest BCUT2D eigenvalue weighted by atomic mass is 9.97. The summed E-state index contributed by atoms with van der Waals surface area (Å²) in [5, 5.41) is 12.9. The third kappa shape index (κ3) is 3.29. The number of H-pyrrole nitrogens is 1. The molecule has 0 saturated heterocycles. The molecule has 1 aromatic carbocycles. The van der Waals surface area contributed by atoms with Gasteiger partial charge in [-0.1, -0.05) is 29.8 Å². The number of aromatic nitrogens is 2. The number of halogens is 1. The Bertz CT molecular complexity index is 1110. The Morgan fingerprint density at radius 2 is 2.11 bits per heavy atom. The summed E-state index contributed by atoms with van der Waals surface area (Å²) in [7, 11) is 0. The molecule has 4 rings (SSSR count). The van der Waals surface area contributed by atoms with Gasteiger partial charge in [0.05, 0.1) is 11.7 Å². The van der Waals surface area contributed by atoms with Gasteiger partial charge in [-0.15, -0.1) is 0 Å². The highest BCUT2D eigenvalue weighted by Crippen LogP contribution is 2.28. The molecule has 9 heteroatoms. The highest BCUT2D eigenvalue weighted by Gasteiger charge is 2.35. The SMILES string of the molecule is O=C(O)CN1C(=O)[C@@H](NC(=O)c2cc3cc(Cl)ncc3[nH]2)Cc2ccccc21. The lowest BCUT2D eigenvalue weighted by Gasteiger charge is -2.33. The predicted molar refractivity (Wildman–Crippen MR) is 102 cm³/mol. The fourth-order valence-electron chi connectivity index (χ4n) is 3.33. The van der Waals surface area contributed by atoms with Crippen molar-refractivity contribution < 1.29 is 19.5 Å². The van der Waals surface area contributed by atoms with Gasteiger partial charge in [0.2, 0.25) is 5.91 Å². The van der Waals surface area contributed by atoms with Gasteiger partial charge in [-0.3, -0.25) is 19.3 Å². The third-order valence-corrected chi connectivity index (χ3v) is 4.79. The van der Waals surface area contributed by atoms with Crippen LogP contribution in [0.4, 0.5) is 5.69 Å². The van der Waals surface area contributed by atoms with E-state index in [0.29, 0.717) is 16.4 Å². The number of benzene rings is 1. The first-order valence-electron chi connectivity index (χ1n) is 8.48. The lowest BCUT2D eigenvalue weighted by molar-refractivity contribution is -0.137. The maximum Gasteiger partial charge on any atom is 0.323 e. The van der Waals surface area contributed by atoms with Crippen LogP contribution in [-0.2, 0) is 16.0 Å². The van der Waals surface area contributed by atoms with Crippen LogP contribution in [0.3, 0.4) is 0 Å². The number of carboxylic acid groups (broad SMARTS) is 1. The summed E-state index contributed by atoms with van der Waals surface area (Å²) in [4.78, 5) is 44.8. The number of rotatable bonds is 4. The zero-order valence-corrected chi connectivity index (χ0v) is 15.2. The Morgan fingerprint density at radius 1 is 1.32 bits per heavy atom. The molecule has 142 valence electrons. The van der Waals surface area contributed by atoms with Gasteiger partial charge in [0, 0.05) is 17.5 Å². The van der Waals surface area contributed by atoms with Gasteiger partial charge >= 0.3 is 5.97 Å². The number of aromatic amines is 1. The van der Waals surface area contributed by atoms with Gasteiger partial charge in [-0.2, -0.15) is 0 Å². The number of aliphatic carboxylic acids is 1. The zero-order valence-electron chi connectivity index (χ0n) is 14.5. The number of carboxylic acids is 1. The number of nitrogens with one attached hydrogen (secondary N) is 2. The second kappa shape index (κ2) is 6.97. The number of carbonyl (C=O) groups is 3. The fraction of sp³-hybridized carbons (Fsp3) is 0.158. The average Bonchev–Trinajstić information content (AvgIpc) is 3.08. The summed E-state index contributed by atoms with van der Waals surface area (Å²) in [6.45, 7) is -0.473. The van der Waals surface area contributed by atoms with Crippen LogP contribution in [0.2, 0.25) is 5.15 Å². The summed E-state index contributed by atoms with van der Waals surface area (Å²) < 4.78 is 0. The van der Waals surface area contributed by atoms with Gasteiger partial charge < -0.3 is 15.4 Å². The average molecular weight is 399 g/mol. The number of pyridine rings is 1. The smallest absolute Gasteiger partial charge is 0.323 e. The first-order valence-corrected chi connectivity index (χ1v) is 8.86. The predicted octanol–water partition coefficient (Wildman–Crippen LogP) is 1.99. The quantitative estimate of drug-likeness (QED) is 0.581. The molecule has 2 aromatic heterocycles. The van der Waals surface area contributed by atoms with Crippen LogP contribution in [0, 0.1) is 0 Å². The van der Waals surface area contributed by atoms with E-state index in [0.717, 1.165) is 10.9 Å². The Hall–Kier alpha value is -3.39. The van der Waals surface area contributed by atoms with Crippen molar-refractivity contribution in [1.82, 2.24) is 15.3 Å². The van der Waals surface area contributed by atoms with E-state index in [2.05, 4.69) is 15.3 Å². The second-order valence-electron chi connectivity index (χ2n) is 6.45. The van der Waals surface area contributed by atoms with Gasteiger partial charge in [0.15, 0.2) is 0 Å². The summed E-state index contributed by atoms with van der Waals surface area (Å²) in [6, 6.07) is 9.43. The van der Waals surface area contributed by atoms with Crippen molar-refractivity contribution in [2.75, 3.05) is 11.4 Å². The van der Waals surface area contributed by atoms with Gasteiger partial charge in [0.25, 0.3) is 5.91 Å². The molecule has 2 amide bonds. The van der Waals surface area contributed by atoms with Crippen molar-refractivity contribution in [3.8, 4) is 0 Å². The maximum absolute atomic E-state index is 12.8. The first kappa shape index (κ1) is 18.0. The number of anilines is 1. The highest BCUT2D eigenvalue weighted by atomic mass is 35.5. The second-order valence-corrected chi connectivity index (χ2v) is 6.84. The minimum absolute atomic E-state index is 0.260. The molecular weight excluding hydrogens is 384 g/mol. The lowest BCUT2D eigenvalue weighted by Crippen LogP contribution is -2.54. The van der Waals surface area contributed by atoms with E-state index < -0.39 is 30.4 Å². The molecule has 0 unspecified atom stereocenters. The summed E-state index contributed by atoms with van der Waals surface area (Å²) >= 11 is 5.86. The van der Waals surface area contributed by atoms with Crippen molar-refractivity contribution in [2.45, 2.75) is 12.5 Å². The van der Waals surface area contributed by atoms with Crippen molar-refractivity contribution in [2.24, 2.45) is 0 Å². The molecule has 3 heterocycles. The van der Waals surface area contributed by atoms with Crippen LogP contribution in [0.25, 0.3) is 10.9 Å². The zero-order chi connectivity index (χ0) is 19.8. The number of hydrogen-bond donors (Lipinski definition) is 3. The van der Waals surface area contributed by atoms with E-state index in [1.807, 2.05) is 6.07 Å². The molecular formula is C19H15ClN4O4. The number of carbonyl (C=O) groups excluding carboxylic acids is 2.